The van der Waals surface area contributed by atoms with E-state index in [0.29, 0.717) is 0 Å². The van der Waals surface area contributed by atoms with Crippen LogP contribution >= 0.6 is 11.6 Å². The lowest BCUT2D eigenvalue weighted by molar-refractivity contribution is -0.274. The first-order valence-electron chi connectivity index (χ1n) is 3.97. The van der Waals surface area contributed by atoms with E-state index in [4.69, 9.17) is 11.6 Å². The number of methoxy groups -OCH3 is 1. The number of hydrogen-bond acceptors (Lipinski definition) is 3. The summed E-state index contributed by atoms with van der Waals surface area (Å²) >= 11 is 5.47. The molecule has 0 aromatic heterocycles. The zero-order valence-corrected chi connectivity index (χ0v) is 8.72. The van der Waals surface area contributed by atoms with Crippen LogP contribution in [0.4, 0.5) is 13.2 Å². The summed E-state index contributed by atoms with van der Waals surface area (Å²) in [6.45, 7) is 0. The highest BCUT2D eigenvalue weighted by Crippen LogP contribution is 2.30. The molecule has 0 amide bonds. The minimum Gasteiger partial charge on any atom is -0.465 e. The molecule has 0 unspecified atom stereocenters. The average molecular weight is 255 g/mol. The van der Waals surface area contributed by atoms with Crippen LogP contribution in [0.1, 0.15) is 10.4 Å². The molecule has 0 bridgehead atoms. The maximum Gasteiger partial charge on any atom is 0.573 e. The first-order chi connectivity index (χ1) is 7.33. The third kappa shape index (κ3) is 3.30. The predicted molar refractivity (Wildman–Crippen MR) is 49.5 cm³/mol. The van der Waals surface area contributed by atoms with E-state index in [0.717, 1.165) is 19.2 Å². The van der Waals surface area contributed by atoms with Gasteiger partial charge in [0.05, 0.1) is 17.7 Å². The van der Waals surface area contributed by atoms with Crippen molar-refractivity contribution in [1.82, 2.24) is 0 Å². The Bertz CT molecular complexity index is 403. The van der Waals surface area contributed by atoms with Gasteiger partial charge in [0.1, 0.15) is 5.75 Å². The number of rotatable bonds is 2. The van der Waals surface area contributed by atoms with Crippen molar-refractivity contribution in [2.45, 2.75) is 6.36 Å². The number of hydrogen-bond donors (Lipinski definition) is 0. The van der Waals surface area contributed by atoms with Crippen molar-refractivity contribution >= 4 is 17.6 Å². The van der Waals surface area contributed by atoms with E-state index in [2.05, 4.69) is 9.47 Å². The minimum atomic E-state index is -4.86. The fraction of sp³-hybridized carbons (Fsp3) is 0.222. The fourth-order valence-electron chi connectivity index (χ4n) is 0.951. The van der Waals surface area contributed by atoms with Crippen LogP contribution in [0.3, 0.4) is 0 Å². The van der Waals surface area contributed by atoms with E-state index in [1.54, 1.807) is 0 Å². The summed E-state index contributed by atoms with van der Waals surface area (Å²) in [5.41, 5.74) is -0.0776. The van der Waals surface area contributed by atoms with Crippen molar-refractivity contribution in [3.8, 4) is 5.75 Å². The molecule has 0 N–H and O–H groups in total. The second kappa shape index (κ2) is 4.61. The summed E-state index contributed by atoms with van der Waals surface area (Å²) in [5, 5.41) is -0.245. The van der Waals surface area contributed by atoms with Gasteiger partial charge in [-0.25, -0.2) is 4.79 Å². The van der Waals surface area contributed by atoms with Crippen molar-refractivity contribution in [2.24, 2.45) is 0 Å². The Morgan fingerprint density at radius 1 is 1.38 bits per heavy atom. The molecule has 1 rings (SSSR count). The highest BCUT2D eigenvalue weighted by molar-refractivity contribution is 6.32. The van der Waals surface area contributed by atoms with Crippen LogP contribution in [-0.4, -0.2) is 19.4 Å². The Hall–Kier alpha value is -1.43. The summed E-state index contributed by atoms with van der Waals surface area (Å²) in [6, 6.07) is 3.22. The molecule has 0 aliphatic heterocycles. The van der Waals surface area contributed by atoms with E-state index in [9.17, 15) is 18.0 Å². The average Bonchev–Trinajstić information content (AvgIpc) is 2.18. The Labute approximate surface area is 93.7 Å². The summed E-state index contributed by atoms with van der Waals surface area (Å²) in [7, 11) is 1.11. The van der Waals surface area contributed by atoms with Gasteiger partial charge in [0.2, 0.25) is 0 Å². The first kappa shape index (κ1) is 12.6. The normalized spacial score (nSPS) is 11.1. The summed E-state index contributed by atoms with van der Waals surface area (Å²) < 4.78 is 43.8. The SMILES string of the molecule is COC(=O)c1ccc(Cl)c(OC(F)(F)F)c1. The lowest BCUT2D eigenvalue weighted by Gasteiger charge is -2.11. The Morgan fingerprint density at radius 3 is 2.50 bits per heavy atom. The number of alkyl halides is 3. The van der Waals surface area contributed by atoms with E-state index in [1.165, 1.54) is 6.07 Å². The van der Waals surface area contributed by atoms with Crippen molar-refractivity contribution in [3.63, 3.8) is 0 Å². The number of carbonyl (C=O) groups is 1. The zero-order valence-electron chi connectivity index (χ0n) is 7.97. The summed E-state index contributed by atoms with van der Waals surface area (Å²) in [4.78, 5) is 11.0. The van der Waals surface area contributed by atoms with Gasteiger partial charge in [0.25, 0.3) is 0 Å². The minimum absolute atomic E-state index is 0.0776. The van der Waals surface area contributed by atoms with Gasteiger partial charge >= 0.3 is 12.3 Å². The van der Waals surface area contributed by atoms with Gasteiger partial charge in [-0.15, -0.1) is 13.2 Å². The first-order valence-corrected chi connectivity index (χ1v) is 4.35. The van der Waals surface area contributed by atoms with Crippen LogP contribution in [0, 0.1) is 0 Å². The van der Waals surface area contributed by atoms with Crippen LogP contribution in [0.2, 0.25) is 5.02 Å². The van der Waals surface area contributed by atoms with Gasteiger partial charge in [-0.3, -0.25) is 0 Å². The van der Waals surface area contributed by atoms with Gasteiger partial charge in [-0.05, 0) is 18.2 Å². The van der Waals surface area contributed by atoms with Crippen molar-refractivity contribution in [3.05, 3.63) is 28.8 Å². The lowest BCUT2D eigenvalue weighted by Crippen LogP contribution is -2.17. The number of carbonyl (C=O) groups excluding carboxylic acids is 1. The molecule has 3 nitrogen and oxygen atoms in total. The number of ether oxygens (including phenoxy) is 2. The standard InChI is InChI=1S/C9H6ClF3O3/c1-15-8(14)5-2-3-6(10)7(4-5)16-9(11,12)13/h2-4H,1H3. The molecule has 0 saturated carbocycles. The van der Waals surface area contributed by atoms with Crippen LogP contribution < -0.4 is 4.74 Å². The molecule has 0 saturated heterocycles. The molecular formula is C9H6ClF3O3. The summed E-state index contributed by atoms with van der Waals surface area (Å²) in [5.74, 6) is -1.42. The second-order valence-electron chi connectivity index (χ2n) is 2.68. The van der Waals surface area contributed by atoms with Crippen molar-refractivity contribution in [1.29, 1.82) is 0 Å². The third-order valence-corrected chi connectivity index (χ3v) is 1.89. The van der Waals surface area contributed by atoms with Crippen molar-refractivity contribution < 1.29 is 27.4 Å². The summed E-state index contributed by atoms with van der Waals surface area (Å²) in [6.07, 6.45) is -4.86. The Morgan fingerprint density at radius 2 is 2.00 bits per heavy atom. The smallest absolute Gasteiger partial charge is 0.465 e. The number of benzene rings is 1. The van der Waals surface area contributed by atoms with Gasteiger partial charge < -0.3 is 9.47 Å². The molecule has 0 atom stereocenters. The van der Waals surface area contributed by atoms with E-state index in [-0.39, 0.29) is 10.6 Å². The molecule has 1 aromatic carbocycles. The molecule has 0 aliphatic rings. The van der Waals surface area contributed by atoms with Crippen LogP contribution in [0.5, 0.6) is 5.75 Å². The van der Waals surface area contributed by atoms with Gasteiger partial charge in [-0.1, -0.05) is 11.6 Å². The molecule has 0 spiro atoms. The maximum atomic E-state index is 11.9. The molecule has 0 fully saturated rings. The van der Waals surface area contributed by atoms with E-state index >= 15 is 0 Å². The highest BCUT2D eigenvalue weighted by atomic mass is 35.5. The van der Waals surface area contributed by atoms with Crippen LogP contribution in [0.15, 0.2) is 18.2 Å². The Balaban J connectivity index is 3.04. The molecule has 16 heavy (non-hydrogen) atoms. The van der Waals surface area contributed by atoms with Crippen molar-refractivity contribution in [2.75, 3.05) is 7.11 Å². The van der Waals surface area contributed by atoms with Gasteiger partial charge in [-0.2, -0.15) is 0 Å². The molecule has 0 heterocycles. The largest absolute Gasteiger partial charge is 0.573 e. The molecular weight excluding hydrogens is 249 g/mol. The second-order valence-corrected chi connectivity index (χ2v) is 3.09. The van der Waals surface area contributed by atoms with Crippen LogP contribution in [-0.2, 0) is 4.74 Å². The molecule has 7 heteroatoms. The molecule has 0 radical (unpaired) electrons. The quantitative estimate of drug-likeness (QED) is 0.761. The molecule has 88 valence electrons. The Kier molecular flexibility index (Phi) is 3.64. The van der Waals surface area contributed by atoms with E-state index < -0.39 is 18.1 Å². The molecule has 0 aliphatic carbocycles. The fourth-order valence-corrected chi connectivity index (χ4v) is 1.11. The molecule has 1 aromatic rings. The zero-order chi connectivity index (χ0) is 12.3. The van der Waals surface area contributed by atoms with Gasteiger partial charge in [0.15, 0.2) is 0 Å². The lowest BCUT2D eigenvalue weighted by atomic mass is 10.2. The maximum absolute atomic E-state index is 11.9. The van der Waals surface area contributed by atoms with E-state index in [1.807, 2.05) is 0 Å². The highest BCUT2D eigenvalue weighted by Gasteiger charge is 2.32. The van der Waals surface area contributed by atoms with Gasteiger partial charge in [0, 0.05) is 0 Å². The number of halogens is 4. The topological polar surface area (TPSA) is 35.5 Å². The monoisotopic (exact) mass is 254 g/mol. The van der Waals surface area contributed by atoms with Crippen LogP contribution in [0.25, 0.3) is 0 Å². The number of esters is 1. The predicted octanol–water partition coefficient (Wildman–Crippen LogP) is 3.03. The third-order valence-electron chi connectivity index (χ3n) is 1.58.